The summed E-state index contributed by atoms with van der Waals surface area (Å²) in [6.07, 6.45) is 1.50. The lowest BCUT2D eigenvalue weighted by molar-refractivity contribution is -0.120. The SMILES string of the molecule is COc1ccc(/C=N/OCC(=O)Nc2ccc3c(c2)OCO3)cc1OCc1ccccc1. The highest BCUT2D eigenvalue weighted by molar-refractivity contribution is 5.92. The minimum atomic E-state index is -0.345. The number of carbonyl (C=O) groups is 1. The smallest absolute Gasteiger partial charge is 0.265 e. The Hall–Kier alpha value is -4.20. The maximum absolute atomic E-state index is 12.1. The molecule has 0 saturated carbocycles. The van der Waals surface area contributed by atoms with Gasteiger partial charge in [0.2, 0.25) is 6.79 Å². The van der Waals surface area contributed by atoms with E-state index in [1.54, 1.807) is 37.4 Å². The molecule has 3 aromatic carbocycles. The third kappa shape index (κ3) is 5.48. The van der Waals surface area contributed by atoms with Crippen LogP contribution >= 0.6 is 0 Å². The molecule has 0 aliphatic carbocycles. The first-order valence-electron chi connectivity index (χ1n) is 9.91. The largest absolute Gasteiger partial charge is 0.493 e. The topological polar surface area (TPSA) is 87.6 Å². The normalized spacial score (nSPS) is 11.9. The van der Waals surface area contributed by atoms with Crippen LogP contribution < -0.4 is 24.3 Å². The molecular weight excluding hydrogens is 412 g/mol. The Bertz CT molecular complexity index is 1100. The molecule has 0 unspecified atom stereocenters. The van der Waals surface area contributed by atoms with Gasteiger partial charge in [0.15, 0.2) is 29.6 Å². The highest BCUT2D eigenvalue weighted by Gasteiger charge is 2.14. The Balaban J connectivity index is 1.29. The molecule has 1 aliphatic heterocycles. The molecule has 0 bridgehead atoms. The van der Waals surface area contributed by atoms with Gasteiger partial charge in [-0.05, 0) is 35.9 Å². The quantitative estimate of drug-likeness (QED) is 0.405. The number of carbonyl (C=O) groups excluding carboxylic acids is 1. The number of benzene rings is 3. The van der Waals surface area contributed by atoms with Crippen molar-refractivity contribution in [2.24, 2.45) is 5.16 Å². The Morgan fingerprint density at radius 1 is 1.03 bits per heavy atom. The van der Waals surface area contributed by atoms with Crippen molar-refractivity contribution in [3.63, 3.8) is 0 Å². The summed E-state index contributed by atoms with van der Waals surface area (Å²) in [7, 11) is 1.58. The summed E-state index contributed by atoms with van der Waals surface area (Å²) < 4.78 is 21.8. The van der Waals surface area contributed by atoms with Gasteiger partial charge in [-0.2, -0.15) is 0 Å². The zero-order valence-corrected chi connectivity index (χ0v) is 17.4. The second-order valence-electron chi connectivity index (χ2n) is 6.81. The molecule has 8 heteroatoms. The van der Waals surface area contributed by atoms with Crippen LogP contribution in [0, 0.1) is 0 Å². The second-order valence-corrected chi connectivity index (χ2v) is 6.81. The molecule has 0 saturated heterocycles. The monoisotopic (exact) mass is 434 g/mol. The van der Waals surface area contributed by atoms with Gasteiger partial charge < -0.3 is 29.1 Å². The van der Waals surface area contributed by atoms with E-state index in [-0.39, 0.29) is 19.3 Å². The Morgan fingerprint density at radius 2 is 1.88 bits per heavy atom. The highest BCUT2D eigenvalue weighted by Crippen LogP contribution is 2.34. The average Bonchev–Trinajstić information content (AvgIpc) is 3.29. The molecule has 164 valence electrons. The van der Waals surface area contributed by atoms with E-state index in [9.17, 15) is 4.79 Å². The summed E-state index contributed by atoms with van der Waals surface area (Å²) in [5.74, 6) is 2.09. The molecule has 0 fully saturated rings. The van der Waals surface area contributed by atoms with Crippen LogP contribution in [0.1, 0.15) is 11.1 Å². The molecule has 4 rings (SSSR count). The minimum Gasteiger partial charge on any atom is -0.493 e. The van der Waals surface area contributed by atoms with E-state index in [1.165, 1.54) is 6.21 Å². The van der Waals surface area contributed by atoms with Gasteiger partial charge in [-0.25, -0.2) is 0 Å². The van der Waals surface area contributed by atoms with Gasteiger partial charge >= 0.3 is 0 Å². The third-order valence-electron chi connectivity index (χ3n) is 4.55. The third-order valence-corrected chi connectivity index (χ3v) is 4.55. The van der Waals surface area contributed by atoms with Crippen LogP contribution in [0.3, 0.4) is 0 Å². The van der Waals surface area contributed by atoms with Crippen LogP contribution in [0.25, 0.3) is 0 Å². The standard InChI is InChI=1S/C24H22N2O6/c1-28-20-9-7-18(11-22(20)29-14-17-5-3-2-4-6-17)13-25-32-15-24(27)26-19-8-10-21-23(12-19)31-16-30-21/h2-13H,14-16H2,1H3,(H,26,27)/b25-13+. The zero-order chi connectivity index (χ0) is 22.2. The van der Waals surface area contributed by atoms with E-state index in [1.807, 2.05) is 36.4 Å². The van der Waals surface area contributed by atoms with E-state index in [4.69, 9.17) is 23.8 Å². The van der Waals surface area contributed by atoms with E-state index in [0.29, 0.717) is 35.3 Å². The number of nitrogens with one attached hydrogen (secondary N) is 1. The van der Waals surface area contributed by atoms with Crippen molar-refractivity contribution in [2.75, 3.05) is 25.8 Å². The van der Waals surface area contributed by atoms with Crippen molar-refractivity contribution in [2.45, 2.75) is 6.61 Å². The van der Waals surface area contributed by atoms with Crippen molar-refractivity contribution in [1.29, 1.82) is 0 Å². The molecule has 1 amide bonds. The van der Waals surface area contributed by atoms with Gasteiger partial charge in [0.05, 0.1) is 13.3 Å². The fraction of sp³-hybridized carbons (Fsp3) is 0.167. The lowest BCUT2D eigenvalue weighted by atomic mass is 10.2. The summed E-state index contributed by atoms with van der Waals surface area (Å²) in [5, 5.41) is 6.59. The number of rotatable bonds is 9. The summed E-state index contributed by atoms with van der Waals surface area (Å²) >= 11 is 0. The van der Waals surface area contributed by atoms with Gasteiger partial charge in [-0.15, -0.1) is 0 Å². The van der Waals surface area contributed by atoms with Gasteiger partial charge in [-0.3, -0.25) is 4.79 Å². The van der Waals surface area contributed by atoms with E-state index >= 15 is 0 Å². The predicted molar refractivity (Wildman–Crippen MR) is 119 cm³/mol. The molecule has 0 atom stereocenters. The van der Waals surface area contributed by atoms with Gasteiger partial charge in [0.1, 0.15) is 6.61 Å². The molecule has 0 radical (unpaired) electrons. The van der Waals surface area contributed by atoms with E-state index < -0.39 is 0 Å². The number of hydrogen-bond donors (Lipinski definition) is 1. The maximum Gasteiger partial charge on any atom is 0.265 e. The minimum absolute atomic E-state index is 0.176. The van der Waals surface area contributed by atoms with Crippen molar-refractivity contribution >= 4 is 17.8 Å². The Morgan fingerprint density at radius 3 is 2.72 bits per heavy atom. The molecule has 32 heavy (non-hydrogen) atoms. The fourth-order valence-electron chi connectivity index (χ4n) is 2.99. The zero-order valence-electron chi connectivity index (χ0n) is 17.4. The van der Waals surface area contributed by atoms with Crippen LogP contribution in [0.4, 0.5) is 5.69 Å². The molecular formula is C24H22N2O6. The Labute approximate surface area is 185 Å². The summed E-state index contributed by atoms with van der Waals surface area (Å²) in [6.45, 7) is 0.349. The molecule has 8 nitrogen and oxygen atoms in total. The molecule has 1 N–H and O–H groups in total. The predicted octanol–water partition coefficient (Wildman–Crippen LogP) is 3.99. The van der Waals surface area contributed by atoms with Crippen molar-refractivity contribution in [1.82, 2.24) is 0 Å². The average molecular weight is 434 g/mol. The lowest BCUT2D eigenvalue weighted by Crippen LogP contribution is -2.16. The lowest BCUT2D eigenvalue weighted by Gasteiger charge is -2.11. The number of oxime groups is 1. The first-order chi connectivity index (χ1) is 15.7. The van der Waals surface area contributed by atoms with Gasteiger partial charge in [0, 0.05) is 17.3 Å². The summed E-state index contributed by atoms with van der Waals surface area (Å²) in [6, 6.07) is 20.4. The number of ether oxygens (including phenoxy) is 4. The van der Waals surface area contributed by atoms with Crippen LogP contribution in [0.2, 0.25) is 0 Å². The van der Waals surface area contributed by atoms with Crippen molar-refractivity contribution in [3.8, 4) is 23.0 Å². The number of anilines is 1. The fourth-order valence-corrected chi connectivity index (χ4v) is 2.99. The van der Waals surface area contributed by atoms with Crippen LogP contribution in [0.15, 0.2) is 71.9 Å². The van der Waals surface area contributed by atoms with Crippen LogP contribution in [0.5, 0.6) is 23.0 Å². The molecule has 3 aromatic rings. The van der Waals surface area contributed by atoms with Gasteiger partial charge in [0.25, 0.3) is 5.91 Å². The van der Waals surface area contributed by atoms with Crippen LogP contribution in [-0.4, -0.2) is 32.6 Å². The summed E-state index contributed by atoms with van der Waals surface area (Å²) in [4.78, 5) is 17.2. The Kier molecular flexibility index (Phi) is 6.72. The number of methoxy groups -OCH3 is 1. The first kappa shape index (κ1) is 21.0. The van der Waals surface area contributed by atoms with Crippen LogP contribution in [-0.2, 0) is 16.2 Å². The molecule has 0 spiro atoms. The molecule has 0 aromatic heterocycles. The summed E-state index contributed by atoms with van der Waals surface area (Å²) in [5.41, 5.74) is 2.37. The number of hydrogen-bond acceptors (Lipinski definition) is 7. The second kappa shape index (κ2) is 10.2. The number of amides is 1. The maximum atomic E-state index is 12.1. The first-order valence-corrected chi connectivity index (χ1v) is 9.91. The van der Waals surface area contributed by atoms with Crippen molar-refractivity contribution < 1.29 is 28.6 Å². The van der Waals surface area contributed by atoms with Crippen molar-refractivity contribution in [3.05, 3.63) is 77.9 Å². The number of fused-ring (bicyclic) bond motifs is 1. The highest BCUT2D eigenvalue weighted by atomic mass is 16.7. The van der Waals surface area contributed by atoms with E-state index in [2.05, 4.69) is 10.5 Å². The van der Waals surface area contributed by atoms with Gasteiger partial charge in [-0.1, -0.05) is 35.5 Å². The molecule has 1 aliphatic rings. The molecule has 1 heterocycles. The van der Waals surface area contributed by atoms with E-state index in [0.717, 1.165) is 11.1 Å². The number of nitrogens with zero attached hydrogens (tertiary/aromatic N) is 1.